The predicted molar refractivity (Wildman–Crippen MR) is 37.8 cm³/mol. The maximum atomic E-state index is 10.6. The van der Waals surface area contributed by atoms with Crippen LogP contribution in [-0.2, 0) is 9.53 Å². The first-order valence-electron chi connectivity index (χ1n) is 2.89. The minimum Gasteiger partial charge on any atom is -0.514 e. The summed E-state index contributed by atoms with van der Waals surface area (Å²) < 4.78 is 4.54. The Kier molecular flexibility index (Phi) is 4.76. The molecule has 58 valence electrons. The summed E-state index contributed by atoms with van der Waals surface area (Å²) in [5.41, 5.74) is 0. The van der Waals surface area contributed by atoms with Crippen LogP contribution in [0.1, 0.15) is 13.3 Å². The number of esters is 1. The van der Waals surface area contributed by atoms with Crippen molar-refractivity contribution < 1.29 is 14.6 Å². The average Bonchev–Trinajstić information content (AvgIpc) is 1.98. The van der Waals surface area contributed by atoms with E-state index in [1.165, 1.54) is 0 Å². The van der Waals surface area contributed by atoms with Crippen LogP contribution in [0.5, 0.6) is 0 Å². The second kappa shape index (κ2) is 5.11. The van der Waals surface area contributed by atoms with E-state index in [1.54, 1.807) is 0 Å². The Hall–Kier alpha value is -0.700. The zero-order chi connectivity index (χ0) is 7.98. The number of hydrogen-bond donors (Lipinski definition) is 1. The van der Waals surface area contributed by atoms with E-state index in [9.17, 15) is 4.79 Å². The van der Waals surface area contributed by atoms with Gasteiger partial charge in [-0.1, -0.05) is 18.5 Å². The van der Waals surface area contributed by atoms with Gasteiger partial charge in [0.15, 0.2) is 5.03 Å². The highest BCUT2D eigenvalue weighted by atomic mass is 35.5. The van der Waals surface area contributed by atoms with Gasteiger partial charge in [0.2, 0.25) is 0 Å². The molecule has 0 saturated carbocycles. The molecule has 0 aromatic carbocycles. The summed E-state index contributed by atoms with van der Waals surface area (Å²) in [6.45, 7) is 2.19. The lowest BCUT2D eigenvalue weighted by Crippen LogP contribution is -2.04. The molecule has 1 N–H and O–H groups in total. The lowest BCUT2D eigenvalue weighted by molar-refractivity contribution is -0.138. The molecule has 0 aliphatic rings. The summed E-state index contributed by atoms with van der Waals surface area (Å²) in [6, 6.07) is 0. The molecule has 0 atom stereocenters. The van der Waals surface area contributed by atoms with Crippen molar-refractivity contribution in [2.45, 2.75) is 13.3 Å². The number of rotatable bonds is 3. The standard InChI is InChI=1S/C6H9ClO3/c1-2-3-10-6(9)5(7)4-8/h4,8H,2-3H2,1H3. The van der Waals surface area contributed by atoms with Gasteiger partial charge in [0.05, 0.1) is 6.61 Å². The van der Waals surface area contributed by atoms with Crippen molar-refractivity contribution in [2.24, 2.45) is 0 Å². The molecule has 0 unspecified atom stereocenters. The molecule has 0 spiro atoms. The Morgan fingerprint density at radius 3 is 2.80 bits per heavy atom. The van der Waals surface area contributed by atoms with Crippen molar-refractivity contribution in [3.05, 3.63) is 11.3 Å². The van der Waals surface area contributed by atoms with Gasteiger partial charge >= 0.3 is 5.97 Å². The summed E-state index contributed by atoms with van der Waals surface area (Å²) in [5, 5.41) is 7.91. The van der Waals surface area contributed by atoms with Gasteiger partial charge in [-0.15, -0.1) is 0 Å². The maximum Gasteiger partial charge on any atom is 0.352 e. The average molecular weight is 165 g/mol. The van der Waals surface area contributed by atoms with Gasteiger partial charge < -0.3 is 9.84 Å². The zero-order valence-electron chi connectivity index (χ0n) is 5.63. The van der Waals surface area contributed by atoms with Crippen molar-refractivity contribution in [1.29, 1.82) is 0 Å². The first-order valence-corrected chi connectivity index (χ1v) is 3.27. The number of ether oxygens (including phenoxy) is 1. The highest BCUT2D eigenvalue weighted by molar-refractivity contribution is 6.41. The van der Waals surface area contributed by atoms with E-state index >= 15 is 0 Å². The molecular weight excluding hydrogens is 156 g/mol. The Morgan fingerprint density at radius 2 is 2.40 bits per heavy atom. The Morgan fingerprint density at radius 1 is 1.80 bits per heavy atom. The second-order valence-electron chi connectivity index (χ2n) is 1.61. The van der Waals surface area contributed by atoms with Crippen LogP contribution in [0.4, 0.5) is 0 Å². The molecule has 0 aliphatic carbocycles. The third-order valence-electron chi connectivity index (χ3n) is 0.746. The lowest BCUT2D eigenvalue weighted by Gasteiger charge is -1.98. The molecule has 0 aliphatic heterocycles. The largest absolute Gasteiger partial charge is 0.514 e. The topological polar surface area (TPSA) is 46.5 Å². The number of carbonyl (C=O) groups excluding carboxylic acids is 1. The van der Waals surface area contributed by atoms with Gasteiger partial charge in [-0.05, 0) is 6.42 Å². The van der Waals surface area contributed by atoms with E-state index in [1.807, 2.05) is 6.92 Å². The first-order chi connectivity index (χ1) is 4.72. The minimum absolute atomic E-state index is 0.298. The van der Waals surface area contributed by atoms with Crippen molar-refractivity contribution in [1.82, 2.24) is 0 Å². The van der Waals surface area contributed by atoms with E-state index in [0.717, 1.165) is 6.42 Å². The van der Waals surface area contributed by atoms with Gasteiger partial charge in [-0.3, -0.25) is 0 Å². The Labute approximate surface area is 64.2 Å². The van der Waals surface area contributed by atoms with Crippen LogP contribution in [0.25, 0.3) is 0 Å². The highest BCUT2D eigenvalue weighted by Crippen LogP contribution is 2.01. The van der Waals surface area contributed by atoms with Gasteiger partial charge in [-0.2, -0.15) is 0 Å². The van der Waals surface area contributed by atoms with Crippen LogP contribution in [-0.4, -0.2) is 17.7 Å². The van der Waals surface area contributed by atoms with E-state index in [-0.39, 0.29) is 5.03 Å². The monoisotopic (exact) mass is 164 g/mol. The van der Waals surface area contributed by atoms with E-state index in [4.69, 9.17) is 16.7 Å². The quantitative estimate of drug-likeness (QED) is 0.391. The van der Waals surface area contributed by atoms with Crippen molar-refractivity contribution >= 4 is 17.6 Å². The van der Waals surface area contributed by atoms with E-state index in [0.29, 0.717) is 12.9 Å². The predicted octanol–water partition coefficient (Wildman–Crippen LogP) is 1.58. The van der Waals surface area contributed by atoms with Crippen LogP contribution in [0, 0.1) is 0 Å². The smallest absolute Gasteiger partial charge is 0.352 e. The molecule has 10 heavy (non-hydrogen) atoms. The number of halogens is 1. The molecule has 0 fully saturated rings. The molecule has 0 heterocycles. The van der Waals surface area contributed by atoms with Crippen molar-refractivity contribution in [2.75, 3.05) is 6.61 Å². The molecule has 0 radical (unpaired) electrons. The number of aliphatic hydroxyl groups is 1. The van der Waals surface area contributed by atoms with Gasteiger partial charge in [0.1, 0.15) is 6.26 Å². The maximum absolute atomic E-state index is 10.6. The fourth-order valence-electron chi connectivity index (χ4n) is 0.316. The zero-order valence-corrected chi connectivity index (χ0v) is 6.39. The SMILES string of the molecule is CCCOC(=O)C(Cl)=CO. The third kappa shape index (κ3) is 3.35. The van der Waals surface area contributed by atoms with Gasteiger partial charge in [0.25, 0.3) is 0 Å². The van der Waals surface area contributed by atoms with Gasteiger partial charge in [-0.25, -0.2) is 4.79 Å². The summed E-state index contributed by atoms with van der Waals surface area (Å²) in [7, 11) is 0. The molecule has 0 aromatic rings. The fraction of sp³-hybridized carbons (Fsp3) is 0.500. The minimum atomic E-state index is -0.689. The fourth-order valence-corrected chi connectivity index (χ4v) is 0.371. The van der Waals surface area contributed by atoms with Crippen LogP contribution >= 0.6 is 11.6 Å². The number of hydrogen-bond acceptors (Lipinski definition) is 3. The summed E-state index contributed by atoms with van der Waals surface area (Å²) in [5.74, 6) is -0.689. The molecular formula is C6H9ClO3. The van der Waals surface area contributed by atoms with Crippen LogP contribution in [0.2, 0.25) is 0 Å². The van der Waals surface area contributed by atoms with Crippen LogP contribution in [0.3, 0.4) is 0 Å². The van der Waals surface area contributed by atoms with Crippen molar-refractivity contribution in [3.63, 3.8) is 0 Å². The molecule has 0 amide bonds. The second-order valence-corrected chi connectivity index (χ2v) is 2.02. The molecule has 0 aromatic heterocycles. The number of aliphatic hydroxyl groups excluding tert-OH is 1. The summed E-state index contributed by atoms with van der Waals surface area (Å²) >= 11 is 5.19. The van der Waals surface area contributed by atoms with Crippen molar-refractivity contribution in [3.8, 4) is 0 Å². The van der Waals surface area contributed by atoms with Gasteiger partial charge in [0, 0.05) is 0 Å². The Balaban J connectivity index is 3.63. The molecule has 3 nitrogen and oxygen atoms in total. The summed E-state index contributed by atoms with van der Waals surface area (Å²) in [6.07, 6.45) is 1.25. The van der Waals surface area contributed by atoms with Crippen LogP contribution in [0.15, 0.2) is 11.3 Å². The first kappa shape index (κ1) is 9.30. The number of carbonyl (C=O) groups is 1. The lowest BCUT2D eigenvalue weighted by atomic mass is 10.5. The van der Waals surface area contributed by atoms with Crippen LogP contribution < -0.4 is 0 Å². The highest BCUT2D eigenvalue weighted by Gasteiger charge is 2.05. The third-order valence-corrected chi connectivity index (χ3v) is 0.998. The normalized spacial score (nSPS) is 11.2. The molecule has 0 bridgehead atoms. The molecule has 4 heteroatoms. The van der Waals surface area contributed by atoms with E-state index in [2.05, 4.69) is 4.74 Å². The van der Waals surface area contributed by atoms with E-state index < -0.39 is 5.97 Å². The summed E-state index contributed by atoms with van der Waals surface area (Å²) in [4.78, 5) is 10.6. The Bertz CT molecular complexity index is 142. The molecule has 0 saturated heterocycles. The molecule has 0 rings (SSSR count).